The van der Waals surface area contributed by atoms with Gasteiger partial charge in [-0.15, -0.1) is 0 Å². The van der Waals surface area contributed by atoms with Gasteiger partial charge in [0.05, 0.1) is 6.10 Å². The molecule has 0 aromatic rings. The van der Waals surface area contributed by atoms with Crippen molar-refractivity contribution in [3.05, 3.63) is 0 Å². The maximum atomic E-state index is 11.7. The second-order valence-corrected chi connectivity index (χ2v) is 4.38. The summed E-state index contributed by atoms with van der Waals surface area (Å²) in [6.45, 7) is 2.80. The highest BCUT2D eigenvalue weighted by Gasteiger charge is 2.41. The second kappa shape index (κ2) is 6.55. The summed E-state index contributed by atoms with van der Waals surface area (Å²) in [5.74, 6) is -1.03. The Morgan fingerprint density at radius 3 is 2.56 bits per heavy atom. The second-order valence-electron chi connectivity index (χ2n) is 4.38. The van der Waals surface area contributed by atoms with Crippen LogP contribution in [0.5, 0.6) is 0 Å². The predicted octanol–water partition coefficient (Wildman–Crippen LogP) is -0.0457. The van der Waals surface area contributed by atoms with E-state index in [0.717, 1.165) is 0 Å². The van der Waals surface area contributed by atoms with E-state index in [1.165, 1.54) is 0 Å². The molecule has 7 nitrogen and oxygen atoms in total. The van der Waals surface area contributed by atoms with Crippen molar-refractivity contribution in [2.45, 2.75) is 31.4 Å². The van der Waals surface area contributed by atoms with Crippen molar-refractivity contribution in [1.29, 1.82) is 0 Å². The van der Waals surface area contributed by atoms with Crippen molar-refractivity contribution in [2.75, 3.05) is 26.9 Å². The number of hydrogen-bond acceptors (Lipinski definition) is 4. The molecule has 1 rings (SSSR count). The number of carboxylic acids is 1. The van der Waals surface area contributed by atoms with Gasteiger partial charge in [-0.3, -0.25) is 0 Å². The van der Waals surface area contributed by atoms with Gasteiger partial charge in [0.2, 0.25) is 0 Å². The molecule has 1 aliphatic heterocycles. The largest absolute Gasteiger partial charge is 0.480 e. The van der Waals surface area contributed by atoms with E-state index < -0.39 is 17.5 Å². The van der Waals surface area contributed by atoms with Gasteiger partial charge >= 0.3 is 12.0 Å². The highest BCUT2D eigenvalue weighted by atomic mass is 16.5. The lowest BCUT2D eigenvalue weighted by molar-refractivity contribution is -0.148. The van der Waals surface area contributed by atoms with Gasteiger partial charge in [0, 0.05) is 39.7 Å². The number of ether oxygens (including phenoxy) is 2. The molecule has 2 amide bonds. The Hall–Kier alpha value is -1.34. The van der Waals surface area contributed by atoms with E-state index in [4.69, 9.17) is 9.47 Å². The molecule has 1 fully saturated rings. The minimum atomic E-state index is -1.22. The molecule has 1 saturated heterocycles. The van der Waals surface area contributed by atoms with Gasteiger partial charge in [-0.05, 0) is 6.92 Å². The molecule has 0 aliphatic carbocycles. The van der Waals surface area contributed by atoms with Crippen LogP contribution < -0.4 is 10.6 Å². The molecule has 0 aromatic carbocycles. The van der Waals surface area contributed by atoms with Crippen molar-refractivity contribution < 1.29 is 24.2 Å². The van der Waals surface area contributed by atoms with Gasteiger partial charge in [-0.2, -0.15) is 0 Å². The lowest BCUT2D eigenvalue weighted by atomic mass is 9.90. The molecule has 0 bridgehead atoms. The van der Waals surface area contributed by atoms with Gasteiger partial charge in [0.15, 0.2) is 0 Å². The van der Waals surface area contributed by atoms with Crippen LogP contribution in [0.25, 0.3) is 0 Å². The van der Waals surface area contributed by atoms with Crippen LogP contribution in [0.1, 0.15) is 19.8 Å². The number of carbonyl (C=O) groups is 2. The molecule has 18 heavy (non-hydrogen) atoms. The Balaban J connectivity index is 2.50. The first-order valence-corrected chi connectivity index (χ1v) is 5.90. The topological polar surface area (TPSA) is 96.9 Å². The van der Waals surface area contributed by atoms with Crippen LogP contribution in [0.15, 0.2) is 0 Å². The molecule has 1 unspecified atom stereocenters. The molecule has 0 aromatic heterocycles. The number of carbonyl (C=O) groups excluding carboxylic acids is 1. The van der Waals surface area contributed by atoms with E-state index >= 15 is 0 Å². The zero-order valence-corrected chi connectivity index (χ0v) is 10.7. The summed E-state index contributed by atoms with van der Waals surface area (Å²) in [4.78, 5) is 22.9. The van der Waals surface area contributed by atoms with E-state index in [9.17, 15) is 14.7 Å². The fourth-order valence-electron chi connectivity index (χ4n) is 1.69. The number of urea groups is 1. The molecule has 0 radical (unpaired) electrons. The van der Waals surface area contributed by atoms with Gasteiger partial charge < -0.3 is 25.2 Å². The molecule has 7 heteroatoms. The van der Waals surface area contributed by atoms with Crippen molar-refractivity contribution >= 4 is 12.0 Å². The van der Waals surface area contributed by atoms with Crippen LogP contribution in [0.2, 0.25) is 0 Å². The standard InChI is InChI=1S/C11H20N2O5/c1-8(17-2)7-12-10(16)13-11(9(14)15)3-5-18-6-4-11/h8H,3-7H2,1-2H3,(H,14,15)(H2,12,13,16). The van der Waals surface area contributed by atoms with E-state index in [0.29, 0.717) is 19.8 Å². The maximum Gasteiger partial charge on any atom is 0.329 e. The fraction of sp³-hybridized carbons (Fsp3) is 0.818. The number of nitrogens with one attached hydrogen (secondary N) is 2. The fourth-order valence-corrected chi connectivity index (χ4v) is 1.69. The lowest BCUT2D eigenvalue weighted by Gasteiger charge is -2.33. The molecule has 1 aliphatic rings. The van der Waals surface area contributed by atoms with Crippen molar-refractivity contribution in [3.8, 4) is 0 Å². The third-order valence-corrected chi connectivity index (χ3v) is 3.06. The zero-order valence-electron chi connectivity index (χ0n) is 10.7. The van der Waals surface area contributed by atoms with Gasteiger partial charge in [0.1, 0.15) is 5.54 Å². The zero-order chi connectivity index (χ0) is 13.6. The first-order valence-electron chi connectivity index (χ1n) is 5.90. The van der Waals surface area contributed by atoms with Crippen LogP contribution in [0.4, 0.5) is 4.79 Å². The summed E-state index contributed by atoms with van der Waals surface area (Å²) >= 11 is 0. The van der Waals surface area contributed by atoms with Gasteiger partial charge in [0.25, 0.3) is 0 Å². The van der Waals surface area contributed by atoms with E-state index in [-0.39, 0.29) is 18.9 Å². The van der Waals surface area contributed by atoms with E-state index in [1.54, 1.807) is 7.11 Å². The third kappa shape index (κ3) is 3.85. The number of aliphatic carboxylic acids is 1. The molecule has 104 valence electrons. The first-order chi connectivity index (χ1) is 8.50. The number of hydrogen-bond donors (Lipinski definition) is 3. The normalized spacial score (nSPS) is 19.9. The Morgan fingerprint density at radius 2 is 2.06 bits per heavy atom. The lowest BCUT2D eigenvalue weighted by Crippen LogP contribution is -2.60. The summed E-state index contributed by atoms with van der Waals surface area (Å²) in [5.41, 5.74) is -1.22. The molecule has 1 atom stereocenters. The summed E-state index contributed by atoms with van der Waals surface area (Å²) in [6, 6.07) is -0.497. The Kier molecular flexibility index (Phi) is 5.36. The van der Waals surface area contributed by atoms with E-state index in [1.807, 2.05) is 6.92 Å². The summed E-state index contributed by atoms with van der Waals surface area (Å²) in [6.07, 6.45) is 0.428. The minimum Gasteiger partial charge on any atom is -0.480 e. The summed E-state index contributed by atoms with van der Waals surface area (Å²) < 4.78 is 10.1. The maximum absolute atomic E-state index is 11.7. The third-order valence-electron chi connectivity index (χ3n) is 3.06. The molecule has 1 heterocycles. The predicted molar refractivity (Wildman–Crippen MR) is 63.4 cm³/mol. The summed E-state index contributed by atoms with van der Waals surface area (Å²) in [5, 5.41) is 14.3. The van der Waals surface area contributed by atoms with Crippen molar-refractivity contribution in [2.24, 2.45) is 0 Å². The molecule has 3 N–H and O–H groups in total. The Morgan fingerprint density at radius 1 is 1.44 bits per heavy atom. The quantitative estimate of drug-likeness (QED) is 0.644. The number of methoxy groups -OCH3 is 1. The van der Waals surface area contributed by atoms with Gasteiger partial charge in [-0.25, -0.2) is 9.59 Å². The van der Waals surface area contributed by atoms with Crippen molar-refractivity contribution in [1.82, 2.24) is 10.6 Å². The minimum absolute atomic E-state index is 0.119. The van der Waals surface area contributed by atoms with E-state index in [2.05, 4.69) is 10.6 Å². The molecular formula is C11H20N2O5. The average Bonchev–Trinajstić information content (AvgIpc) is 2.36. The van der Waals surface area contributed by atoms with Crippen LogP contribution in [-0.2, 0) is 14.3 Å². The van der Waals surface area contributed by atoms with Crippen LogP contribution in [0, 0.1) is 0 Å². The van der Waals surface area contributed by atoms with Crippen molar-refractivity contribution in [3.63, 3.8) is 0 Å². The van der Waals surface area contributed by atoms with Gasteiger partial charge in [-0.1, -0.05) is 0 Å². The van der Waals surface area contributed by atoms with Crippen LogP contribution in [0.3, 0.4) is 0 Å². The smallest absolute Gasteiger partial charge is 0.329 e. The van der Waals surface area contributed by atoms with Crippen LogP contribution >= 0.6 is 0 Å². The molecule has 0 saturated carbocycles. The SMILES string of the molecule is COC(C)CNC(=O)NC1(C(=O)O)CCOCC1. The number of rotatable bonds is 5. The molecule has 0 spiro atoms. The highest BCUT2D eigenvalue weighted by Crippen LogP contribution is 2.20. The summed E-state index contributed by atoms with van der Waals surface area (Å²) in [7, 11) is 1.54. The molecular weight excluding hydrogens is 240 g/mol. The number of amides is 2. The average molecular weight is 260 g/mol. The Labute approximate surface area is 106 Å². The van der Waals surface area contributed by atoms with Crippen LogP contribution in [-0.4, -0.2) is 55.6 Å². The Bertz CT molecular complexity index is 302. The highest BCUT2D eigenvalue weighted by molar-refractivity contribution is 5.86. The monoisotopic (exact) mass is 260 g/mol. The first kappa shape index (κ1) is 14.7. The number of carboxylic acid groups (broad SMARTS) is 1.